The van der Waals surface area contributed by atoms with Crippen molar-refractivity contribution in [3.05, 3.63) is 34.1 Å². The van der Waals surface area contributed by atoms with Gasteiger partial charge in [0, 0.05) is 18.0 Å². The van der Waals surface area contributed by atoms with Gasteiger partial charge in [-0.3, -0.25) is 4.98 Å². The van der Waals surface area contributed by atoms with Crippen LogP contribution in [-0.4, -0.2) is 11.5 Å². The SMILES string of the molecule is NCCC=Cc1c(Cl)cncc1Cl. The predicted molar refractivity (Wildman–Crippen MR) is 57.0 cm³/mol. The third-order valence-electron chi connectivity index (χ3n) is 1.51. The molecule has 0 aliphatic carbocycles. The molecule has 13 heavy (non-hydrogen) atoms. The number of nitrogens with zero attached hydrogens (tertiary/aromatic N) is 1. The van der Waals surface area contributed by atoms with Gasteiger partial charge in [-0.05, 0) is 13.0 Å². The second kappa shape index (κ2) is 5.22. The molecule has 0 fully saturated rings. The Morgan fingerprint density at radius 3 is 2.46 bits per heavy atom. The summed E-state index contributed by atoms with van der Waals surface area (Å²) in [5.41, 5.74) is 6.14. The molecular formula is C9H10Cl2N2. The number of halogens is 2. The van der Waals surface area contributed by atoms with Crippen LogP contribution >= 0.6 is 23.2 Å². The molecule has 0 aromatic carbocycles. The van der Waals surface area contributed by atoms with Crippen LogP contribution in [0.3, 0.4) is 0 Å². The van der Waals surface area contributed by atoms with E-state index in [4.69, 9.17) is 28.9 Å². The van der Waals surface area contributed by atoms with Gasteiger partial charge in [-0.25, -0.2) is 0 Å². The van der Waals surface area contributed by atoms with Crippen LogP contribution in [0.5, 0.6) is 0 Å². The molecule has 0 saturated heterocycles. The van der Waals surface area contributed by atoms with E-state index in [0.717, 1.165) is 12.0 Å². The maximum absolute atomic E-state index is 5.88. The number of aromatic nitrogens is 1. The molecule has 70 valence electrons. The molecule has 1 aromatic rings. The molecule has 1 heterocycles. The van der Waals surface area contributed by atoms with Crippen molar-refractivity contribution in [1.29, 1.82) is 0 Å². The highest BCUT2D eigenvalue weighted by molar-refractivity contribution is 6.36. The molecule has 2 nitrogen and oxygen atoms in total. The van der Waals surface area contributed by atoms with Gasteiger partial charge in [0.25, 0.3) is 0 Å². The summed E-state index contributed by atoms with van der Waals surface area (Å²) in [4.78, 5) is 3.85. The van der Waals surface area contributed by atoms with Crippen molar-refractivity contribution < 1.29 is 0 Å². The van der Waals surface area contributed by atoms with Gasteiger partial charge in [0.1, 0.15) is 0 Å². The van der Waals surface area contributed by atoms with Crippen LogP contribution in [0, 0.1) is 0 Å². The minimum absolute atomic E-state index is 0.556. The fourth-order valence-electron chi connectivity index (χ4n) is 0.878. The highest BCUT2D eigenvalue weighted by atomic mass is 35.5. The first-order valence-corrected chi connectivity index (χ1v) is 4.67. The Hall–Kier alpha value is -0.570. The minimum atomic E-state index is 0.556. The molecule has 1 aromatic heterocycles. The van der Waals surface area contributed by atoms with Gasteiger partial charge in [-0.2, -0.15) is 0 Å². The summed E-state index contributed by atoms with van der Waals surface area (Å²) in [5, 5.41) is 1.11. The van der Waals surface area contributed by atoms with Gasteiger partial charge < -0.3 is 5.73 Å². The third kappa shape index (κ3) is 2.99. The van der Waals surface area contributed by atoms with E-state index in [1.807, 2.05) is 12.2 Å². The normalized spacial score (nSPS) is 11.0. The van der Waals surface area contributed by atoms with E-state index in [9.17, 15) is 0 Å². The van der Waals surface area contributed by atoms with Crippen molar-refractivity contribution in [3.63, 3.8) is 0 Å². The molecule has 0 saturated carbocycles. The molecule has 0 radical (unpaired) electrons. The summed E-state index contributed by atoms with van der Waals surface area (Å²) in [6, 6.07) is 0. The molecule has 0 aliphatic rings. The highest BCUT2D eigenvalue weighted by Gasteiger charge is 2.00. The first-order chi connectivity index (χ1) is 6.25. The zero-order valence-electron chi connectivity index (χ0n) is 7.00. The lowest BCUT2D eigenvalue weighted by atomic mass is 10.2. The minimum Gasteiger partial charge on any atom is -0.330 e. The fourth-order valence-corrected chi connectivity index (χ4v) is 1.37. The monoisotopic (exact) mass is 216 g/mol. The maximum Gasteiger partial charge on any atom is 0.0676 e. The summed E-state index contributed by atoms with van der Waals surface area (Å²) < 4.78 is 0. The van der Waals surface area contributed by atoms with Gasteiger partial charge in [0.05, 0.1) is 10.0 Å². The van der Waals surface area contributed by atoms with Gasteiger partial charge in [0.15, 0.2) is 0 Å². The lowest BCUT2D eigenvalue weighted by molar-refractivity contribution is 1.01. The summed E-state index contributed by atoms with van der Waals surface area (Å²) in [7, 11) is 0. The maximum atomic E-state index is 5.88. The average Bonchev–Trinajstić information content (AvgIpc) is 2.10. The average molecular weight is 217 g/mol. The van der Waals surface area contributed by atoms with E-state index in [0.29, 0.717) is 16.6 Å². The molecule has 4 heteroatoms. The molecule has 0 atom stereocenters. The molecule has 0 amide bonds. The number of pyridine rings is 1. The molecule has 0 bridgehead atoms. The molecule has 0 spiro atoms. The molecular weight excluding hydrogens is 207 g/mol. The van der Waals surface area contributed by atoms with Crippen molar-refractivity contribution >= 4 is 29.3 Å². The summed E-state index contributed by atoms with van der Waals surface area (Å²) in [5.74, 6) is 0. The lowest BCUT2D eigenvalue weighted by Gasteiger charge is -1.99. The van der Waals surface area contributed by atoms with Crippen LogP contribution in [0.25, 0.3) is 6.08 Å². The first kappa shape index (κ1) is 10.5. The molecule has 2 N–H and O–H groups in total. The molecule has 0 unspecified atom stereocenters. The summed E-state index contributed by atoms with van der Waals surface area (Å²) in [6.45, 7) is 0.622. The summed E-state index contributed by atoms with van der Waals surface area (Å²) >= 11 is 11.8. The lowest BCUT2D eigenvalue weighted by Crippen LogP contribution is -1.95. The van der Waals surface area contributed by atoms with E-state index in [2.05, 4.69) is 4.98 Å². The van der Waals surface area contributed by atoms with Crippen LogP contribution in [0.4, 0.5) is 0 Å². The topological polar surface area (TPSA) is 38.9 Å². The second-order valence-corrected chi connectivity index (χ2v) is 3.31. The molecule has 1 rings (SSSR count). The van der Waals surface area contributed by atoms with Crippen LogP contribution in [0.15, 0.2) is 18.5 Å². The fraction of sp³-hybridized carbons (Fsp3) is 0.222. The zero-order valence-corrected chi connectivity index (χ0v) is 8.52. The van der Waals surface area contributed by atoms with Crippen molar-refractivity contribution in [2.75, 3.05) is 6.54 Å². The predicted octanol–water partition coefficient (Wildman–Crippen LogP) is 2.75. The third-order valence-corrected chi connectivity index (χ3v) is 2.11. The van der Waals surface area contributed by atoms with E-state index in [-0.39, 0.29) is 0 Å². The van der Waals surface area contributed by atoms with Gasteiger partial charge in [-0.1, -0.05) is 35.4 Å². The Bertz CT molecular complexity index is 290. The largest absolute Gasteiger partial charge is 0.330 e. The van der Waals surface area contributed by atoms with E-state index >= 15 is 0 Å². The Morgan fingerprint density at radius 1 is 1.31 bits per heavy atom. The van der Waals surface area contributed by atoms with E-state index < -0.39 is 0 Å². The van der Waals surface area contributed by atoms with Crippen LogP contribution in [-0.2, 0) is 0 Å². The van der Waals surface area contributed by atoms with Crippen molar-refractivity contribution in [2.24, 2.45) is 5.73 Å². The second-order valence-electron chi connectivity index (χ2n) is 2.50. The Morgan fingerprint density at radius 2 is 1.92 bits per heavy atom. The van der Waals surface area contributed by atoms with Crippen LogP contribution in [0.2, 0.25) is 10.0 Å². The van der Waals surface area contributed by atoms with E-state index in [1.54, 1.807) is 12.4 Å². The summed E-state index contributed by atoms with van der Waals surface area (Å²) in [6.07, 6.45) is 7.74. The number of hydrogen-bond acceptors (Lipinski definition) is 2. The van der Waals surface area contributed by atoms with Crippen molar-refractivity contribution in [1.82, 2.24) is 4.98 Å². The van der Waals surface area contributed by atoms with E-state index in [1.165, 1.54) is 0 Å². The van der Waals surface area contributed by atoms with Crippen LogP contribution < -0.4 is 5.73 Å². The van der Waals surface area contributed by atoms with Gasteiger partial charge in [-0.15, -0.1) is 0 Å². The smallest absolute Gasteiger partial charge is 0.0676 e. The Kier molecular flexibility index (Phi) is 4.22. The Balaban J connectivity index is 2.87. The zero-order chi connectivity index (χ0) is 9.68. The number of rotatable bonds is 3. The number of nitrogens with two attached hydrogens (primary N) is 1. The van der Waals surface area contributed by atoms with Crippen molar-refractivity contribution in [2.45, 2.75) is 6.42 Å². The first-order valence-electron chi connectivity index (χ1n) is 3.91. The standard InChI is InChI=1S/C9H10Cl2N2/c10-8-5-13-6-9(11)7(8)3-1-2-4-12/h1,3,5-6H,2,4,12H2. The van der Waals surface area contributed by atoms with Gasteiger partial charge in [0.2, 0.25) is 0 Å². The van der Waals surface area contributed by atoms with Crippen LogP contribution in [0.1, 0.15) is 12.0 Å². The highest BCUT2D eigenvalue weighted by Crippen LogP contribution is 2.24. The quantitative estimate of drug-likeness (QED) is 0.845. The molecule has 0 aliphatic heterocycles. The Labute approximate surface area is 87.4 Å². The van der Waals surface area contributed by atoms with Crippen molar-refractivity contribution in [3.8, 4) is 0 Å². The van der Waals surface area contributed by atoms with Gasteiger partial charge >= 0.3 is 0 Å². The number of hydrogen-bond donors (Lipinski definition) is 1.